The Balaban J connectivity index is 1.47. The molecule has 0 atom stereocenters. The van der Waals surface area contributed by atoms with E-state index in [1.165, 1.54) is 18.2 Å². The number of nitrogens with zero attached hydrogens (tertiary/aromatic N) is 3. The minimum absolute atomic E-state index is 0.225. The molecule has 1 amide bonds. The minimum atomic E-state index is -0.460. The van der Waals surface area contributed by atoms with E-state index in [9.17, 15) is 9.18 Å². The molecule has 176 valence electrons. The van der Waals surface area contributed by atoms with Crippen LogP contribution in [0.4, 0.5) is 4.39 Å². The quantitative estimate of drug-likeness (QED) is 0.683. The van der Waals surface area contributed by atoms with Crippen LogP contribution in [-0.2, 0) is 4.74 Å². The van der Waals surface area contributed by atoms with E-state index in [2.05, 4.69) is 14.9 Å². The largest absolute Gasteiger partial charge is 0.491 e. The third-order valence-electron chi connectivity index (χ3n) is 5.85. The van der Waals surface area contributed by atoms with Crippen LogP contribution in [0.15, 0.2) is 23.9 Å². The molecule has 8 nitrogen and oxygen atoms in total. The van der Waals surface area contributed by atoms with E-state index in [1.807, 2.05) is 13.8 Å². The minimum Gasteiger partial charge on any atom is -0.491 e. The molecule has 3 heterocycles. The second kappa shape index (κ2) is 10.0. The summed E-state index contributed by atoms with van der Waals surface area (Å²) in [6.45, 7) is 8.25. The van der Waals surface area contributed by atoms with Gasteiger partial charge in [-0.25, -0.2) is 9.37 Å². The lowest BCUT2D eigenvalue weighted by atomic mass is 10.1. The fourth-order valence-electron chi connectivity index (χ4n) is 3.98. The van der Waals surface area contributed by atoms with E-state index >= 15 is 0 Å². The number of hydrogen-bond acceptors (Lipinski definition) is 6. The molecule has 0 saturated carbocycles. The molecule has 1 saturated heterocycles. The van der Waals surface area contributed by atoms with Gasteiger partial charge in [0.25, 0.3) is 5.91 Å². The molecule has 3 N–H and O–H groups in total. The molecule has 33 heavy (non-hydrogen) atoms. The Kier molecular flexibility index (Phi) is 7.11. The highest BCUT2D eigenvalue weighted by molar-refractivity contribution is 6.31. The van der Waals surface area contributed by atoms with Crippen LogP contribution in [0.2, 0.25) is 5.02 Å². The Morgan fingerprint density at radius 3 is 2.79 bits per heavy atom. The molecule has 2 aliphatic rings. The second-order valence-electron chi connectivity index (χ2n) is 8.22. The zero-order valence-electron chi connectivity index (χ0n) is 18.8. The van der Waals surface area contributed by atoms with Gasteiger partial charge in [-0.05, 0) is 24.0 Å². The maximum absolute atomic E-state index is 13.9. The summed E-state index contributed by atoms with van der Waals surface area (Å²) in [5.74, 6) is 0.0711. The average Bonchev–Trinajstić information content (AvgIpc) is 3.19. The van der Waals surface area contributed by atoms with Crippen molar-refractivity contribution in [1.82, 2.24) is 14.8 Å². The van der Waals surface area contributed by atoms with Crippen LogP contribution in [0, 0.1) is 19.7 Å². The molecule has 10 heteroatoms. The Morgan fingerprint density at radius 1 is 1.30 bits per heavy atom. The Bertz CT molecular complexity index is 1060. The van der Waals surface area contributed by atoms with Crippen molar-refractivity contribution < 1.29 is 23.6 Å². The first-order valence-electron chi connectivity index (χ1n) is 10.9. The molecule has 4 rings (SSSR count). The molecule has 0 unspecified atom stereocenters. The number of amides is 1. The van der Waals surface area contributed by atoms with Crippen LogP contribution >= 0.6 is 11.6 Å². The third kappa shape index (κ3) is 5.26. The van der Waals surface area contributed by atoms with Gasteiger partial charge in [-0.1, -0.05) is 11.6 Å². The summed E-state index contributed by atoms with van der Waals surface area (Å²) in [6, 6.07) is 3.97. The predicted octanol–water partition coefficient (Wildman–Crippen LogP) is 1.84. The normalized spacial score (nSPS) is 17.0. The van der Waals surface area contributed by atoms with Gasteiger partial charge in [0.05, 0.1) is 37.4 Å². The number of H-pyrrole nitrogens is 1. The Hall–Kier alpha value is -2.75. The summed E-state index contributed by atoms with van der Waals surface area (Å²) in [6.07, 6.45) is 0. The van der Waals surface area contributed by atoms with Crippen LogP contribution in [0.25, 0.3) is 5.57 Å². The first kappa shape index (κ1) is 23.4. The van der Waals surface area contributed by atoms with Crippen LogP contribution in [0.5, 0.6) is 5.75 Å². The van der Waals surface area contributed by atoms with Gasteiger partial charge in [-0.3, -0.25) is 9.69 Å². The van der Waals surface area contributed by atoms with Gasteiger partial charge in [-0.2, -0.15) is 0 Å². The number of aryl methyl sites for hydroxylation is 2. The Morgan fingerprint density at radius 2 is 2.06 bits per heavy atom. The monoisotopic (exact) mass is 476 g/mol. The lowest BCUT2D eigenvalue weighted by molar-refractivity contribution is -0.396. The van der Waals surface area contributed by atoms with Gasteiger partial charge >= 0.3 is 5.82 Å². The molecule has 2 aromatic rings. The van der Waals surface area contributed by atoms with E-state index in [1.54, 1.807) is 4.90 Å². The highest BCUT2D eigenvalue weighted by atomic mass is 35.5. The van der Waals surface area contributed by atoms with Gasteiger partial charge in [0.2, 0.25) is 0 Å². The fourth-order valence-corrected chi connectivity index (χ4v) is 4.07. The highest BCUT2D eigenvalue weighted by Gasteiger charge is 2.32. The van der Waals surface area contributed by atoms with Gasteiger partial charge in [0.15, 0.2) is 5.69 Å². The smallest absolute Gasteiger partial charge is 0.328 e. The summed E-state index contributed by atoms with van der Waals surface area (Å²) < 4.78 is 25.1. The molecule has 1 aromatic carbocycles. The van der Waals surface area contributed by atoms with Crippen molar-refractivity contribution >= 4 is 23.1 Å². The van der Waals surface area contributed by atoms with Crippen LogP contribution in [-0.4, -0.2) is 73.2 Å². The molecule has 2 aliphatic heterocycles. The molecular weight excluding hydrogens is 449 g/mol. The number of benzene rings is 1. The van der Waals surface area contributed by atoms with Crippen molar-refractivity contribution in [3.05, 3.63) is 57.5 Å². The highest BCUT2D eigenvalue weighted by Crippen LogP contribution is 2.27. The maximum atomic E-state index is 13.9. The van der Waals surface area contributed by atoms with Crippen molar-refractivity contribution in [3.63, 3.8) is 0 Å². The lowest BCUT2D eigenvalue weighted by Crippen LogP contribution is -2.38. The molecule has 1 fully saturated rings. The van der Waals surface area contributed by atoms with E-state index in [0.717, 1.165) is 24.4 Å². The van der Waals surface area contributed by atoms with Crippen LogP contribution in [0.1, 0.15) is 27.6 Å². The number of aromatic amines is 1. The molecule has 0 aliphatic carbocycles. The summed E-state index contributed by atoms with van der Waals surface area (Å²) >= 11 is 6.21. The number of hydrogen-bond donors (Lipinski definition) is 1. The van der Waals surface area contributed by atoms with E-state index in [-0.39, 0.29) is 24.7 Å². The topological polar surface area (TPSA) is 95.1 Å². The Labute approximate surface area is 197 Å². The number of carbonyl (C=O) groups excluding carboxylic acids is 1. The number of morpholine rings is 1. The zero-order valence-corrected chi connectivity index (χ0v) is 19.5. The SMILES string of the molecule is Cc1nc(C2=C(N)CN(C(=O)c3ccc(F)cc3OCCN3CCOCC3)C2)[nH+]c(C)c1Cl. The number of aromatic nitrogens is 2. The average molecular weight is 477 g/mol. The number of nitrogens with one attached hydrogen (secondary N) is 1. The van der Waals surface area contributed by atoms with Crippen LogP contribution in [0.3, 0.4) is 0 Å². The number of ether oxygens (including phenoxy) is 2. The van der Waals surface area contributed by atoms with Crippen molar-refractivity contribution in [2.45, 2.75) is 13.8 Å². The van der Waals surface area contributed by atoms with E-state index < -0.39 is 5.82 Å². The predicted molar refractivity (Wildman–Crippen MR) is 121 cm³/mol. The van der Waals surface area contributed by atoms with Gasteiger partial charge in [-0.15, -0.1) is 0 Å². The third-order valence-corrected chi connectivity index (χ3v) is 6.40. The molecule has 0 bridgehead atoms. The standard InChI is InChI=1S/C23H27ClFN5O3/c1-14-21(24)15(2)28-22(27-14)18-12-30(13-19(18)26)23(31)17-4-3-16(25)11-20(17)33-10-7-29-5-8-32-9-6-29/h3-4,11H,5-10,12-13,26H2,1-2H3/p+1. The lowest BCUT2D eigenvalue weighted by Gasteiger charge is -2.26. The number of nitrogens with two attached hydrogens (primary N) is 1. The van der Waals surface area contributed by atoms with E-state index in [0.29, 0.717) is 54.2 Å². The van der Waals surface area contributed by atoms with Crippen molar-refractivity contribution in [2.24, 2.45) is 5.73 Å². The molecule has 1 aromatic heterocycles. The van der Waals surface area contributed by atoms with Crippen molar-refractivity contribution in [3.8, 4) is 5.75 Å². The zero-order chi connectivity index (χ0) is 23.5. The molecule has 0 spiro atoms. The summed E-state index contributed by atoms with van der Waals surface area (Å²) in [7, 11) is 0. The second-order valence-corrected chi connectivity index (χ2v) is 8.60. The number of carbonyl (C=O) groups is 1. The first-order chi connectivity index (χ1) is 15.8. The molecular formula is C23H28ClFN5O3+. The maximum Gasteiger partial charge on any atom is 0.328 e. The summed E-state index contributed by atoms with van der Waals surface area (Å²) in [4.78, 5) is 24.8. The number of halogens is 2. The van der Waals surface area contributed by atoms with Crippen molar-refractivity contribution in [2.75, 3.05) is 52.5 Å². The van der Waals surface area contributed by atoms with Gasteiger partial charge < -0.3 is 20.1 Å². The van der Waals surface area contributed by atoms with Gasteiger partial charge in [0, 0.05) is 38.3 Å². The number of rotatable bonds is 6. The van der Waals surface area contributed by atoms with Gasteiger partial charge in [0.1, 0.15) is 28.9 Å². The molecule has 0 radical (unpaired) electrons. The van der Waals surface area contributed by atoms with E-state index in [4.69, 9.17) is 26.8 Å². The van der Waals surface area contributed by atoms with Crippen LogP contribution < -0.4 is 15.5 Å². The summed E-state index contributed by atoms with van der Waals surface area (Å²) in [5, 5.41) is 0.564. The van der Waals surface area contributed by atoms with Crippen molar-refractivity contribution in [1.29, 1.82) is 0 Å². The first-order valence-corrected chi connectivity index (χ1v) is 11.3. The fraction of sp³-hybridized carbons (Fsp3) is 0.435. The summed E-state index contributed by atoms with van der Waals surface area (Å²) in [5.41, 5.74) is 9.31.